The first-order valence-corrected chi connectivity index (χ1v) is 28.2. The van der Waals surface area contributed by atoms with E-state index in [1.165, 1.54) is 42.7 Å². The van der Waals surface area contributed by atoms with Gasteiger partial charge in [0.1, 0.15) is 5.75 Å². The number of anilines is 12. The van der Waals surface area contributed by atoms with Crippen LogP contribution in [0.25, 0.3) is 22.3 Å². The average Bonchev–Trinajstić information content (AvgIpc) is 3.71. The minimum atomic E-state index is -0.356. The van der Waals surface area contributed by atoms with Crippen molar-refractivity contribution < 1.29 is 4.65 Å². The van der Waals surface area contributed by atoms with Gasteiger partial charge in [0.25, 0.3) is 6.71 Å². The summed E-state index contributed by atoms with van der Waals surface area (Å²) in [4.78, 5) is 12.2. The number of nitrogens with zero attached hydrogens (tertiary/aromatic N) is 4. The van der Waals surface area contributed by atoms with Gasteiger partial charge in [0.2, 0.25) is 0 Å². The topological polar surface area (TPSA) is 22.2 Å². The molecule has 0 saturated heterocycles. The van der Waals surface area contributed by atoms with Crippen LogP contribution in [0.3, 0.4) is 0 Å². The summed E-state index contributed by atoms with van der Waals surface area (Å²) in [5.41, 5.74) is 24.0. The Kier molecular flexibility index (Phi) is 10.9. The predicted molar refractivity (Wildman–Crippen MR) is 337 cm³/mol. The van der Waals surface area contributed by atoms with Crippen molar-refractivity contribution in [2.45, 2.75) is 9.79 Å². The lowest BCUT2D eigenvalue weighted by atomic mass is 9.33. The summed E-state index contributed by atoms with van der Waals surface area (Å²) in [6.07, 6.45) is 0. The minimum absolute atomic E-state index is 0.137. The lowest BCUT2D eigenvalue weighted by Crippen LogP contribution is -2.63. The summed E-state index contributed by atoms with van der Waals surface area (Å²) in [7, 11) is 0. The Bertz CT molecular complexity index is 4270. The molecule has 0 fully saturated rings. The molecule has 4 heterocycles. The normalized spacial score (nSPS) is 12.9. The molecule has 0 amide bonds. The van der Waals surface area contributed by atoms with Crippen LogP contribution in [0.2, 0.25) is 0 Å². The van der Waals surface area contributed by atoms with Crippen LogP contribution in [0.4, 0.5) is 68.2 Å². The third kappa shape index (κ3) is 7.44. The second-order valence-electron chi connectivity index (χ2n) is 20.7. The lowest BCUT2D eigenvalue weighted by Gasteiger charge is -2.46. The number of benzene rings is 12. The molecule has 0 atom stereocenters. The number of fused-ring (bicyclic) bond motifs is 8. The fraction of sp³-hybridized carbons (Fsp3) is 0. The molecule has 0 N–H and O–H groups in total. The molecule has 374 valence electrons. The zero-order chi connectivity index (χ0) is 52.7. The van der Waals surface area contributed by atoms with Gasteiger partial charge in [0.15, 0.2) is 0 Å². The highest BCUT2D eigenvalue weighted by Gasteiger charge is 2.47. The SMILES string of the molecule is c1ccc(-c2ccccc2N2c3cc4c(cc3B3c5ccccc5N(c5ccccc5)c5cc(N(c6ccccc6)c6ccccc6)cc2c53)B2Oc3ccccc3-c3cc(N(c5ccccc5)c5ccccc5)cc(c32)S4)cc1. The van der Waals surface area contributed by atoms with Crippen molar-refractivity contribution in [3.05, 3.63) is 291 Å². The van der Waals surface area contributed by atoms with Crippen molar-refractivity contribution in [1.29, 1.82) is 0 Å². The highest BCUT2D eigenvalue weighted by Crippen LogP contribution is 2.52. The van der Waals surface area contributed by atoms with Crippen molar-refractivity contribution >= 4 is 121 Å². The van der Waals surface area contributed by atoms with Crippen LogP contribution in [-0.4, -0.2) is 13.6 Å². The second kappa shape index (κ2) is 18.9. The first-order valence-electron chi connectivity index (χ1n) is 27.4. The van der Waals surface area contributed by atoms with E-state index in [1.807, 2.05) is 11.8 Å². The van der Waals surface area contributed by atoms with Gasteiger partial charge in [-0.05, 0) is 148 Å². The zero-order valence-corrected chi connectivity index (χ0v) is 44.3. The van der Waals surface area contributed by atoms with E-state index in [0.29, 0.717) is 0 Å². The van der Waals surface area contributed by atoms with Crippen molar-refractivity contribution in [3.63, 3.8) is 0 Å². The summed E-state index contributed by atoms with van der Waals surface area (Å²) in [6, 6.07) is 106. The molecule has 0 spiro atoms. The summed E-state index contributed by atoms with van der Waals surface area (Å²) >= 11 is 1.86. The van der Waals surface area contributed by atoms with E-state index in [9.17, 15) is 0 Å². The van der Waals surface area contributed by atoms with Crippen LogP contribution >= 0.6 is 11.8 Å². The minimum Gasteiger partial charge on any atom is -0.551 e. The molecule has 0 aromatic heterocycles. The molecule has 0 bridgehead atoms. The zero-order valence-electron chi connectivity index (χ0n) is 43.5. The molecule has 4 aliphatic heterocycles. The molecule has 4 aliphatic rings. The number of para-hydroxylation sites is 8. The molecule has 12 aromatic carbocycles. The molecule has 0 aliphatic carbocycles. The predicted octanol–water partition coefficient (Wildman–Crippen LogP) is 16.0. The van der Waals surface area contributed by atoms with Gasteiger partial charge in [0.05, 0.1) is 11.4 Å². The molecule has 0 unspecified atom stereocenters. The third-order valence-electron chi connectivity index (χ3n) is 16.2. The van der Waals surface area contributed by atoms with Gasteiger partial charge in [-0.1, -0.05) is 194 Å². The highest BCUT2D eigenvalue weighted by molar-refractivity contribution is 8.00. The maximum atomic E-state index is 7.41. The summed E-state index contributed by atoms with van der Waals surface area (Å²) in [6.45, 7) is -0.493. The first kappa shape index (κ1) is 46.2. The summed E-state index contributed by atoms with van der Waals surface area (Å²) in [5.74, 6) is 0.885. The number of hydrogen-bond donors (Lipinski definition) is 0. The highest BCUT2D eigenvalue weighted by atomic mass is 32.2. The molecule has 80 heavy (non-hydrogen) atoms. The Morgan fingerprint density at radius 3 is 1.44 bits per heavy atom. The van der Waals surface area contributed by atoms with E-state index < -0.39 is 0 Å². The van der Waals surface area contributed by atoms with Crippen LogP contribution in [0.1, 0.15) is 0 Å². The smallest absolute Gasteiger partial charge is 0.429 e. The molecule has 12 aromatic rings. The van der Waals surface area contributed by atoms with Crippen LogP contribution in [-0.2, 0) is 0 Å². The van der Waals surface area contributed by atoms with Gasteiger partial charge in [-0.15, -0.1) is 0 Å². The Hall–Kier alpha value is -9.88. The number of rotatable bonds is 9. The van der Waals surface area contributed by atoms with Gasteiger partial charge >= 0.3 is 6.92 Å². The molecule has 16 rings (SSSR count). The first-order chi connectivity index (χ1) is 39.7. The Balaban J connectivity index is 0.988. The molecule has 0 radical (unpaired) electrons. The van der Waals surface area contributed by atoms with E-state index in [-0.39, 0.29) is 13.6 Å². The van der Waals surface area contributed by atoms with E-state index in [1.54, 1.807) is 0 Å². The van der Waals surface area contributed by atoms with Crippen LogP contribution in [0, 0.1) is 0 Å². The molecular formula is C72H48B2N4OS. The Morgan fingerprint density at radius 2 is 0.812 bits per heavy atom. The maximum Gasteiger partial charge on any atom is 0.429 e. The largest absolute Gasteiger partial charge is 0.551 e. The van der Waals surface area contributed by atoms with Gasteiger partial charge in [-0.3, -0.25) is 0 Å². The van der Waals surface area contributed by atoms with E-state index >= 15 is 0 Å². The van der Waals surface area contributed by atoms with Crippen molar-refractivity contribution in [1.82, 2.24) is 0 Å². The molecule has 0 saturated carbocycles. The average molecular weight is 1040 g/mol. The summed E-state index contributed by atoms with van der Waals surface area (Å²) in [5, 5.41) is 0. The van der Waals surface area contributed by atoms with Crippen molar-refractivity contribution in [2.75, 3.05) is 19.6 Å². The lowest BCUT2D eigenvalue weighted by molar-refractivity contribution is 0.588. The van der Waals surface area contributed by atoms with Gasteiger partial charge in [-0.25, -0.2) is 0 Å². The van der Waals surface area contributed by atoms with Crippen molar-refractivity contribution in [2.24, 2.45) is 0 Å². The van der Waals surface area contributed by atoms with Crippen LogP contribution in [0.5, 0.6) is 5.75 Å². The van der Waals surface area contributed by atoms with Crippen LogP contribution in [0.15, 0.2) is 301 Å². The fourth-order valence-corrected chi connectivity index (χ4v) is 14.1. The monoisotopic (exact) mass is 1040 g/mol. The standard InChI is InChI=1S/C72H48B2N4OS/c1-7-25-49(26-8-1)57-37-19-22-40-63(57)78-65-48-69-62(74-71-59(58-38-20-24-42-68(58)79-74)43-55(46-70(71)80-69)75(50-27-9-2-10-28-50)51-29-11-3-12-30-51)47-61(65)73-60-39-21-23-41-64(60)77(54-35-17-6-18-36-54)66-44-56(45-67(78)72(66)73)76(52-31-13-4-14-32-52)53-33-15-5-16-34-53/h1-48H. The fourth-order valence-electron chi connectivity index (χ4n) is 12.9. The molecule has 8 heteroatoms. The maximum absolute atomic E-state index is 7.41. The summed E-state index contributed by atoms with van der Waals surface area (Å²) < 4.78 is 7.41. The second-order valence-corrected chi connectivity index (χ2v) is 21.8. The van der Waals surface area contributed by atoms with Crippen molar-refractivity contribution in [3.8, 4) is 28.0 Å². The van der Waals surface area contributed by atoms with E-state index in [2.05, 4.69) is 311 Å². The van der Waals surface area contributed by atoms with Gasteiger partial charge < -0.3 is 24.3 Å². The van der Waals surface area contributed by atoms with E-state index in [0.717, 1.165) is 90.7 Å². The quantitative estimate of drug-likeness (QED) is 0.133. The number of hydrogen-bond acceptors (Lipinski definition) is 6. The molecule has 5 nitrogen and oxygen atoms in total. The van der Waals surface area contributed by atoms with Crippen LogP contribution < -0.4 is 51.6 Å². The van der Waals surface area contributed by atoms with E-state index in [4.69, 9.17) is 4.65 Å². The Labute approximate surface area is 471 Å². The molecular weight excluding hydrogens is 991 g/mol. The third-order valence-corrected chi connectivity index (χ3v) is 17.4. The van der Waals surface area contributed by atoms with Gasteiger partial charge in [-0.2, -0.15) is 0 Å². The van der Waals surface area contributed by atoms with Gasteiger partial charge in [0, 0.05) is 77.8 Å². The Morgan fingerprint density at radius 1 is 0.312 bits per heavy atom.